The van der Waals surface area contributed by atoms with Crippen molar-refractivity contribution in [2.75, 3.05) is 32.6 Å². The molecular weight excluding hydrogens is 547 g/mol. The second kappa shape index (κ2) is 12.0. The van der Waals surface area contributed by atoms with Crippen LogP contribution in [0.3, 0.4) is 0 Å². The normalized spacial score (nSPS) is 11.5. The zero-order valence-electron chi connectivity index (χ0n) is 24.1. The average molecular weight is 579 g/mol. The van der Waals surface area contributed by atoms with Gasteiger partial charge in [-0.15, -0.1) is 0 Å². The molecule has 4 heterocycles. The summed E-state index contributed by atoms with van der Waals surface area (Å²) in [6.45, 7) is 3.12. The van der Waals surface area contributed by atoms with E-state index in [2.05, 4.69) is 25.5 Å². The van der Waals surface area contributed by atoms with Gasteiger partial charge in [-0.1, -0.05) is 19.1 Å². The molecule has 0 aliphatic carbocycles. The van der Waals surface area contributed by atoms with Crippen molar-refractivity contribution in [1.82, 2.24) is 35.0 Å². The number of anilines is 1. The number of carbonyl (C=O) groups is 1. The van der Waals surface area contributed by atoms with Gasteiger partial charge in [0.25, 0.3) is 0 Å². The summed E-state index contributed by atoms with van der Waals surface area (Å²) in [6.07, 6.45) is 4.52. The van der Waals surface area contributed by atoms with Crippen molar-refractivity contribution in [1.29, 1.82) is 0 Å². The number of hydrogen-bond donors (Lipinski definition) is 3. The van der Waals surface area contributed by atoms with Crippen LogP contribution in [0.1, 0.15) is 19.8 Å². The van der Waals surface area contributed by atoms with Gasteiger partial charge in [0, 0.05) is 36.4 Å². The quantitative estimate of drug-likeness (QED) is 0.181. The van der Waals surface area contributed by atoms with Crippen LogP contribution in [0.2, 0.25) is 0 Å². The molecule has 0 spiro atoms. The number of aromatic amines is 2. The molecule has 0 aliphatic heterocycles. The third-order valence-electron chi connectivity index (χ3n) is 6.93. The number of amides is 1. The monoisotopic (exact) mass is 578 g/mol. The van der Waals surface area contributed by atoms with Crippen LogP contribution in [-0.4, -0.2) is 68.2 Å². The highest BCUT2D eigenvalue weighted by Crippen LogP contribution is 2.34. The van der Waals surface area contributed by atoms with E-state index >= 15 is 0 Å². The van der Waals surface area contributed by atoms with Crippen LogP contribution >= 0.6 is 0 Å². The molecule has 0 bridgehead atoms. The first-order valence-corrected chi connectivity index (χ1v) is 14.1. The van der Waals surface area contributed by atoms with Crippen molar-refractivity contribution < 1.29 is 13.9 Å². The smallest absolute Gasteiger partial charge is 0.224 e. The van der Waals surface area contributed by atoms with Crippen LogP contribution in [-0.2, 0) is 4.79 Å². The number of ether oxygens (including phenoxy) is 1. The van der Waals surface area contributed by atoms with Crippen LogP contribution in [0.15, 0.2) is 67.0 Å². The Kier molecular flexibility index (Phi) is 7.80. The third-order valence-corrected chi connectivity index (χ3v) is 6.93. The second-order valence-electron chi connectivity index (χ2n) is 10.5. The van der Waals surface area contributed by atoms with E-state index < -0.39 is 0 Å². The van der Waals surface area contributed by atoms with E-state index in [1.165, 1.54) is 12.1 Å². The number of benzene rings is 2. The average Bonchev–Trinajstić information content (AvgIpc) is 3.60. The van der Waals surface area contributed by atoms with E-state index in [9.17, 15) is 9.18 Å². The van der Waals surface area contributed by atoms with Gasteiger partial charge in [-0.05, 0) is 62.5 Å². The fourth-order valence-electron chi connectivity index (χ4n) is 4.85. The Balaban J connectivity index is 1.35. The van der Waals surface area contributed by atoms with Crippen molar-refractivity contribution in [2.24, 2.45) is 0 Å². The highest BCUT2D eigenvalue weighted by Gasteiger charge is 2.18. The zero-order valence-corrected chi connectivity index (χ0v) is 24.1. The van der Waals surface area contributed by atoms with Crippen molar-refractivity contribution in [3.05, 3.63) is 72.8 Å². The number of para-hydroxylation sites is 1. The molecule has 0 saturated heterocycles. The van der Waals surface area contributed by atoms with Crippen LogP contribution < -0.4 is 10.1 Å². The minimum Gasteiger partial charge on any atom is -0.492 e. The summed E-state index contributed by atoms with van der Waals surface area (Å²) >= 11 is 0. The number of rotatable bonds is 10. The molecule has 6 aromatic rings. The number of halogens is 1. The Hall–Kier alpha value is -5.16. The fourth-order valence-corrected chi connectivity index (χ4v) is 4.85. The number of nitrogens with zero attached hydrogens (tertiary/aromatic N) is 5. The summed E-state index contributed by atoms with van der Waals surface area (Å²) in [7, 11) is 3.92. The first-order chi connectivity index (χ1) is 20.9. The zero-order chi connectivity index (χ0) is 29.9. The van der Waals surface area contributed by atoms with Gasteiger partial charge in [0.15, 0.2) is 11.5 Å². The van der Waals surface area contributed by atoms with Gasteiger partial charge in [-0.3, -0.25) is 14.9 Å². The van der Waals surface area contributed by atoms with E-state index in [4.69, 9.17) is 14.7 Å². The molecule has 4 aromatic heterocycles. The first-order valence-electron chi connectivity index (χ1n) is 14.1. The molecule has 3 N–H and O–H groups in total. The number of aromatic nitrogens is 6. The van der Waals surface area contributed by atoms with E-state index in [1.54, 1.807) is 12.4 Å². The maximum absolute atomic E-state index is 14.6. The molecule has 0 aliphatic rings. The molecule has 218 valence electrons. The molecule has 0 unspecified atom stereocenters. The first kappa shape index (κ1) is 28.0. The molecule has 2 aromatic carbocycles. The number of likely N-dealkylation sites (N-methyl/N-ethyl adjacent to an activating group) is 1. The molecule has 1 amide bonds. The molecule has 0 atom stereocenters. The predicted octanol–water partition coefficient (Wildman–Crippen LogP) is 6.05. The summed E-state index contributed by atoms with van der Waals surface area (Å²) in [4.78, 5) is 31.5. The van der Waals surface area contributed by atoms with Crippen molar-refractivity contribution >= 4 is 33.7 Å². The summed E-state index contributed by atoms with van der Waals surface area (Å²) in [5.41, 5.74) is 6.83. The van der Waals surface area contributed by atoms with Crippen molar-refractivity contribution in [3.8, 4) is 39.7 Å². The number of nitrogens with one attached hydrogen (secondary N) is 3. The number of fused-ring (bicyclic) bond motifs is 2. The van der Waals surface area contributed by atoms with E-state index in [0.29, 0.717) is 58.3 Å². The number of imidazole rings is 1. The van der Waals surface area contributed by atoms with Gasteiger partial charge in [0.2, 0.25) is 5.91 Å². The summed E-state index contributed by atoms with van der Waals surface area (Å²) in [5, 5.41) is 10.4. The lowest BCUT2D eigenvalue weighted by molar-refractivity contribution is -0.116. The Bertz CT molecular complexity index is 1930. The predicted molar refractivity (Wildman–Crippen MR) is 165 cm³/mol. The lowest BCUT2D eigenvalue weighted by Gasteiger charge is -2.12. The highest BCUT2D eigenvalue weighted by molar-refractivity contribution is 5.96. The highest BCUT2D eigenvalue weighted by atomic mass is 19.1. The minimum absolute atomic E-state index is 0.0578. The van der Waals surface area contributed by atoms with Crippen LogP contribution in [0.5, 0.6) is 5.75 Å². The lowest BCUT2D eigenvalue weighted by Crippen LogP contribution is -2.19. The van der Waals surface area contributed by atoms with E-state index in [1.807, 2.05) is 68.4 Å². The van der Waals surface area contributed by atoms with Crippen LogP contribution in [0.4, 0.5) is 10.1 Å². The summed E-state index contributed by atoms with van der Waals surface area (Å²) in [6, 6.07) is 16.0. The van der Waals surface area contributed by atoms with E-state index in [-0.39, 0.29) is 11.7 Å². The Morgan fingerprint density at radius 3 is 2.72 bits per heavy atom. The van der Waals surface area contributed by atoms with Crippen molar-refractivity contribution in [2.45, 2.75) is 19.8 Å². The maximum Gasteiger partial charge on any atom is 0.224 e. The van der Waals surface area contributed by atoms with Gasteiger partial charge in [0.1, 0.15) is 23.7 Å². The molecule has 11 heteroatoms. The molecule has 43 heavy (non-hydrogen) atoms. The Labute approximate surface area is 247 Å². The second-order valence-corrected chi connectivity index (χ2v) is 10.5. The molecule has 0 radical (unpaired) electrons. The van der Waals surface area contributed by atoms with Gasteiger partial charge >= 0.3 is 0 Å². The van der Waals surface area contributed by atoms with Crippen LogP contribution in [0, 0.1) is 5.82 Å². The van der Waals surface area contributed by atoms with Crippen molar-refractivity contribution in [3.63, 3.8) is 0 Å². The molecule has 0 saturated carbocycles. The van der Waals surface area contributed by atoms with Gasteiger partial charge in [-0.25, -0.2) is 14.4 Å². The Morgan fingerprint density at radius 2 is 1.88 bits per heavy atom. The van der Waals surface area contributed by atoms with Gasteiger partial charge in [-0.2, -0.15) is 5.10 Å². The van der Waals surface area contributed by atoms with Crippen LogP contribution in [0.25, 0.3) is 56.0 Å². The molecule has 0 fully saturated rings. The molecular formula is C32H31FN8O2. The SMILES string of the molecule is CCCC(=O)Nc1cncc(-c2ccc3[nH]nc(-c4nc5c(-c6cc(F)cc(OCCN(C)C)c6)cccc5[nH]4)c3n2)c1. The Morgan fingerprint density at radius 1 is 1.00 bits per heavy atom. The number of carbonyl (C=O) groups excluding carboxylic acids is 1. The number of pyridine rings is 2. The number of hydrogen-bond acceptors (Lipinski definition) is 7. The molecule has 10 nitrogen and oxygen atoms in total. The minimum atomic E-state index is -0.386. The standard InChI is InChI=1S/C32H31FN8O2/c1-4-6-28(42)35-22-14-20(17-34-18-22)25-9-10-27-30(36-25)31(40-39-27)32-37-26-8-5-7-24(29(26)38-32)19-13-21(33)16-23(15-19)43-12-11-41(2)3/h5,7-10,13-18H,4,6,11-12H2,1-3H3,(H,35,42)(H,37,38)(H,39,40). The number of H-pyrrole nitrogens is 2. The topological polar surface area (TPSA) is 125 Å². The van der Waals surface area contributed by atoms with Gasteiger partial charge in [0.05, 0.1) is 34.1 Å². The largest absolute Gasteiger partial charge is 0.492 e. The summed E-state index contributed by atoms with van der Waals surface area (Å²) < 4.78 is 20.4. The van der Waals surface area contributed by atoms with Gasteiger partial charge < -0.3 is 19.9 Å². The summed E-state index contributed by atoms with van der Waals surface area (Å²) in [5.74, 6) is 0.542. The lowest BCUT2D eigenvalue weighted by atomic mass is 10.0. The maximum atomic E-state index is 14.6. The van der Waals surface area contributed by atoms with E-state index in [0.717, 1.165) is 35.1 Å². The third kappa shape index (κ3) is 6.07. The molecule has 6 rings (SSSR count). The fraction of sp³-hybridized carbons (Fsp3) is 0.219.